The van der Waals surface area contributed by atoms with E-state index in [2.05, 4.69) is 10.6 Å². The van der Waals surface area contributed by atoms with Crippen LogP contribution in [0.2, 0.25) is 0 Å². The lowest BCUT2D eigenvalue weighted by Crippen LogP contribution is -2.38. The van der Waals surface area contributed by atoms with Crippen molar-refractivity contribution in [3.05, 3.63) is 102 Å². The molecule has 0 unspecified atom stereocenters. The first-order chi connectivity index (χ1) is 17.1. The minimum atomic E-state index is -3.44. The van der Waals surface area contributed by atoms with E-state index in [1.165, 1.54) is 5.41 Å². The lowest BCUT2D eigenvalue weighted by molar-refractivity contribution is 0.245. The first-order valence-corrected chi connectivity index (χ1v) is 13.4. The zero-order valence-electron chi connectivity index (χ0n) is 19.5. The molecule has 0 radical (unpaired) electrons. The minimum absolute atomic E-state index is 0.368. The highest BCUT2D eigenvalue weighted by Crippen LogP contribution is 2.26. The number of sulfonamides is 1. The Kier molecular flexibility index (Phi) is 6.97. The van der Waals surface area contributed by atoms with E-state index in [1.807, 2.05) is 78.9 Å². The second-order valence-electron chi connectivity index (χ2n) is 8.83. The number of rotatable bonds is 8. The smallest absolute Gasteiger partial charge is 0.236 e. The highest BCUT2D eigenvalue weighted by molar-refractivity contribution is 7.92. The molecule has 0 spiro atoms. The molecular weight excluding hydrogens is 458 g/mol. The van der Waals surface area contributed by atoms with Gasteiger partial charge in [0.1, 0.15) is 18.2 Å². The molecule has 0 aliphatic carbocycles. The van der Waals surface area contributed by atoms with Crippen LogP contribution in [-0.2, 0) is 23.2 Å². The fourth-order valence-corrected chi connectivity index (χ4v) is 5.74. The molecule has 0 atom stereocenters. The van der Waals surface area contributed by atoms with Gasteiger partial charge in [-0.3, -0.25) is 0 Å². The number of nitrogens with zero attached hydrogens (tertiary/aromatic N) is 3. The molecule has 0 N–H and O–H groups in total. The average Bonchev–Trinajstić information content (AvgIpc) is 3.25. The summed E-state index contributed by atoms with van der Waals surface area (Å²) in [7, 11) is -3.44. The minimum Gasteiger partial charge on any atom is -0.486 e. The monoisotopic (exact) mass is 487 g/mol. The molecule has 180 valence electrons. The Bertz CT molecular complexity index is 1390. The van der Waals surface area contributed by atoms with Crippen LogP contribution in [0.4, 0.5) is 0 Å². The van der Waals surface area contributed by atoms with Gasteiger partial charge in [-0.1, -0.05) is 60.7 Å². The molecule has 0 saturated carbocycles. The van der Waals surface area contributed by atoms with Crippen LogP contribution in [-0.4, -0.2) is 35.4 Å². The van der Waals surface area contributed by atoms with Crippen molar-refractivity contribution >= 4 is 27.1 Å². The summed E-state index contributed by atoms with van der Waals surface area (Å²) >= 11 is 0. The Hall–Kier alpha value is -3.42. The van der Waals surface area contributed by atoms with Crippen molar-refractivity contribution in [2.75, 3.05) is 13.1 Å². The summed E-state index contributed by atoms with van der Waals surface area (Å²) in [6.45, 7) is 2.22. The number of hydrogen-bond acceptors (Lipinski definition) is 4. The predicted octanol–water partition coefficient (Wildman–Crippen LogP) is 5.33. The van der Waals surface area contributed by atoms with Crippen LogP contribution in [0, 0.1) is 5.92 Å². The zero-order valence-corrected chi connectivity index (χ0v) is 20.3. The van der Waals surface area contributed by atoms with E-state index in [0.29, 0.717) is 25.6 Å². The largest absolute Gasteiger partial charge is 0.486 e. The first kappa shape index (κ1) is 23.3. The summed E-state index contributed by atoms with van der Waals surface area (Å²) < 4.78 is 35.5. The highest BCUT2D eigenvalue weighted by Gasteiger charge is 2.27. The lowest BCUT2D eigenvalue weighted by Gasteiger charge is -2.31. The van der Waals surface area contributed by atoms with E-state index < -0.39 is 10.0 Å². The van der Waals surface area contributed by atoms with Crippen molar-refractivity contribution in [2.45, 2.75) is 26.0 Å². The van der Waals surface area contributed by atoms with Crippen molar-refractivity contribution in [1.82, 2.24) is 13.9 Å². The number of aromatic nitrogens is 2. The molecule has 2 heterocycles. The van der Waals surface area contributed by atoms with Gasteiger partial charge in [-0.05, 0) is 54.7 Å². The number of piperidine rings is 1. The van der Waals surface area contributed by atoms with Gasteiger partial charge in [-0.2, -0.15) is 4.31 Å². The van der Waals surface area contributed by atoms with Crippen LogP contribution in [0.1, 0.15) is 24.2 Å². The predicted molar refractivity (Wildman–Crippen MR) is 139 cm³/mol. The Balaban J connectivity index is 1.26. The van der Waals surface area contributed by atoms with E-state index >= 15 is 0 Å². The van der Waals surface area contributed by atoms with Crippen LogP contribution in [0.3, 0.4) is 0 Å². The van der Waals surface area contributed by atoms with Crippen molar-refractivity contribution in [2.24, 2.45) is 5.92 Å². The van der Waals surface area contributed by atoms with Gasteiger partial charge in [0.2, 0.25) is 10.0 Å². The molecule has 1 fully saturated rings. The highest BCUT2D eigenvalue weighted by atomic mass is 32.2. The standard InChI is InChI=1S/C28H29N3O3S/c32-35(33,20-17-23-9-3-1-4-10-23)30-18-15-24(16-19-30)21-31-27-14-8-7-13-26(27)29-28(31)22-34-25-11-5-2-6-12-25/h1-14,17,20,24H,15-16,18-19,21-22H2/b20-17+. The fourth-order valence-electron chi connectivity index (χ4n) is 4.52. The molecular formula is C28H29N3O3S. The van der Waals surface area contributed by atoms with Gasteiger partial charge >= 0.3 is 0 Å². The van der Waals surface area contributed by atoms with Gasteiger partial charge in [0.05, 0.1) is 11.0 Å². The van der Waals surface area contributed by atoms with Gasteiger partial charge in [0.15, 0.2) is 0 Å². The molecule has 0 amide bonds. The number of hydrogen-bond donors (Lipinski definition) is 0. The number of benzene rings is 3. The maximum atomic E-state index is 12.8. The molecule has 6 nitrogen and oxygen atoms in total. The van der Waals surface area contributed by atoms with Gasteiger partial charge in [-0.25, -0.2) is 13.4 Å². The van der Waals surface area contributed by atoms with Crippen LogP contribution in [0.15, 0.2) is 90.3 Å². The molecule has 1 aromatic heterocycles. The zero-order chi connectivity index (χ0) is 24.1. The second-order valence-corrected chi connectivity index (χ2v) is 10.6. The Morgan fingerprint density at radius 1 is 0.886 bits per heavy atom. The van der Waals surface area contributed by atoms with Crippen LogP contribution in [0.25, 0.3) is 17.1 Å². The second kappa shape index (κ2) is 10.5. The third-order valence-electron chi connectivity index (χ3n) is 6.45. The van der Waals surface area contributed by atoms with Gasteiger partial charge < -0.3 is 9.30 Å². The Morgan fingerprint density at radius 3 is 2.29 bits per heavy atom. The summed E-state index contributed by atoms with van der Waals surface area (Å²) in [4.78, 5) is 4.82. The summed E-state index contributed by atoms with van der Waals surface area (Å²) in [5, 5.41) is 1.32. The summed E-state index contributed by atoms with van der Waals surface area (Å²) in [6.07, 6.45) is 3.28. The third kappa shape index (κ3) is 5.63. The van der Waals surface area contributed by atoms with E-state index in [1.54, 1.807) is 10.4 Å². The number of fused-ring (bicyclic) bond motifs is 1. The van der Waals surface area contributed by atoms with E-state index in [0.717, 1.165) is 47.6 Å². The molecule has 5 rings (SSSR count). The first-order valence-electron chi connectivity index (χ1n) is 11.9. The molecule has 1 aliphatic rings. The summed E-state index contributed by atoms with van der Waals surface area (Å²) in [6, 6.07) is 27.4. The SMILES string of the molecule is O=S(=O)(/C=C/c1ccccc1)N1CCC(Cn2c(COc3ccccc3)nc3ccccc32)CC1. The maximum absolute atomic E-state index is 12.8. The molecule has 7 heteroatoms. The molecule has 35 heavy (non-hydrogen) atoms. The van der Waals surface area contributed by atoms with Crippen molar-refractivity contribution in [3.63, 3.8) is 0 Å². The maximum Gasteiger partial charge on any atom is 0.236 e. The summed E-state index contributed by atoms with van der Waals surface area (Å²) in [5.41, 5.74) is 2.91. The molecule has 4 aromatic rings. The van der Waals surface area contributed by atoms with Crippen molar-refractivity contribution in [1.29, 1.82) is 0 Å². The summed E-state index contributed by atoms with van der Waals surface area (Å²) in [5.74, 6) is 2.07. The normalized spacial score (nSPS) is 15.7. The number of ether oxygens (including phenoxy) is 1. The average molecular weight is 488 g/mol. The number of imidazole rings is 1. The van der Waals surface area contributed by atoms with E-state index in [9.17, 15) is 8.42 Å². The van der Waals surface area contributed by atoms with Gasteiger partial charge in [0.25, 0.3) is 0 Å². The van der Waals surface area contributed by atoms with Gasteiger partial charge in [-0.15, -0.1) is 0 Å². The van der Waals surface area contributed by atoms with Crippen molar-refractivity contribution < 1.29 is 13.2 Å². The number of para-hydroxylation sites is 3. The lowest BCUT2D eigenvalue weighted by atomic mass is 9.98. The topological polar surface area (TPSA) is 64.4 Å². The van der Waals surface area contributed by atoms with Crippen molar-refractivity contribution in [3.8, 4) is 5.75 Å². The molecule has 1 aliphatic heterocycles. The fraction of sp³-hybridized carbons (Fsp3) is 0.250. The van der Waals surface area contributed by atoms with E-state index in [4.69, 9.17) is 9.72 Å². The molecule has 0 bridgehead atoms. The third-order valence-corrected chi connectivity index (χ3v) is 8.02. The van der Waals surface area contributed by atoms with Crippen LogP contribution in [0.5, 0.6) is 5.75 Å². The Labute approximate surface area is 206 Å². The quantitative estimate of drug-likeness (QED) is 0.337. The molecule has 3 aromatic carbocycles. The van der Waals surface area contributed by atoms with Gasteiger partial charge in [0, 0.05) is 25.0 Å². The van der Waals surface area contributed by atoms with E-state index in [-0.39, 0.29) is 0 Å². The van der Waals surface area contributed by atoms with Crippen LogP contribution >= 0.6 is 0 Å². The van der Waals surface area contributed by atoms with Crippen LogP contribution < -0.4 is 4.74 Å². The molecule has 1 saturated heterocycles. The Morgan fingerprint density at radius 2 is 1.54 bits per heavy atom.